The Bertz CT molecular complexity index is 1230. The third-order valence-corrected chi connectivity index (χ3v) is 5.93. The second-order valence-corrected chi connectivity index (χ2v) is 9.11. The highest BCUT2D eigenvalue weighted by atomic mass is 16.5. The monoisotopic (exact) mass is 549 g/mol. The van der Waals surface area contributed by atoms with E-state index in [0.29, 0.717) is 37.6 Å². The number of aromatic carboxylic acids is 1. The quantitative estimate of drug-likeness (QED) is 0.194. The van der Waals surface area contributed by atoms with Crippen molar-refractivity contribution >= 4 is 17.8 Å². The normalized spacial score (nSPS) is 10.5. The minimum Gasteiger partial charge on any atom is -0.494 e. The second kappa shape index (κ2) is 16.4. The van der Waals surface area contributed by atoms with Crippen LogP contribution in [0.4, 0.5) is 0 Å². The van der Waals surface area contributed by atoms with Crippen molar-refractivity contribution in [3.63, 3.8) is 0 Å². The highest BCUT2D eigenvalue weighted by Crippen LogP contribution is 2.22. The number of carbonyl (C=O) groups is 3. The van der Waals surface area contributed by atoms with Crippen LogP contribution in [0.15, 0.2) is 72.8 Å². The number of rotatable bonds is 18. The molecular formula is C31H35NO8. The van der Waals surface area contributed by atoms with E-state index in [2.05, 4.69) is 5.32 Å². The van der Waals surface area contributed by atoms with E-state index in [1.807, 2.05) is 54.6 Å². The molecule has 0 saturated carbocycles. The lowest BCUT2D eigenvalue weighted by molar-refractivity contribution is -0.136. The minimum absolute atomic E-state index is 0.00345. The van der Waals surface area contributed by atoms with Gasteiger partial charge in [-0.25, -0.2) is 4.79 Å². The van der Waals surface area contributed by atoms with Gasteiger partial charge in [-0.2, -0.15) is 0 Å². The van der Waals surface area contributed by atoms with E-state index in [9.17, 15) is 19.5 Å². The van der Waals surface area contributed by atoms with Crippen LogP contribution in [0.1, 0.15) is 47.2 Å². The molecule has 3 aromatic rings. The third kappa shape index (κ3) is 11.1. The molecule has 0 aliphatic heterocycles. The van der Waals surface area contributed by atoms with Crippen molar-refractivity contribution in [3.8, 4) is 17.2 Å². The number of carboxylic acid groups (broad SMARTS) is 2. The smallest absolute Gasteiger partial charge is 0.335 e. The molecule has 3 N–H and O–H groups in total. The summed E-state index contributed by atoms with van der Waals surface area (Å²) in [6.07, 6.45) is 2.98. The Morgan fingerprint density at radius 2 is 1.38 bits per heavy atom. The highest BCUT2D eigenvalue weighted by molar-refractivity contribution is 5.89. The maximum atomic E-state index is 12.2. The van der Waals surface area contributed by atoms with Gasteiger partial charge in [-0.1, -0.05) is 30.3 Å². The van der Waals surface area contributed by atoms with Gasteiger partial charge in [-0.05, 0) is 73.7 Å². The third-order valence-electron chi connectivity index (χ3n) is 5.93. The number of ether oxygens (including phenoxy) is 3. The molecule has 0 spiro atoms. The van der Waals surface area contributed by atoms with Gasteiger partial charge in [0.2, 0.25) is 5.91 Å². The van der Waals surface area contributed by atoms with Crippen molar-refractivity contribution in [2.24, 2.45) is 0 Å². The molecule has 0 fully saturated rings. The van der Waals surface area contributed by atoms with Crippen molar-refractivity contribution in [1.29, 1.82) is 0 Å². The number of para-hydroxylation sites is 1. The zero-order valence-corrected chi connectivity index (χ0v) is 22.3. The molecule has 0 aliphatic carbocycles. The zero-order chi connectivity index (χ0) is 28.6. The summed E-state index contributed by atoms with van der Waals surface area (Å²) in [6, 6.07) is 22.0. The van der Waals surface area contributed by atoms with Gasteiger partial charge in [0.1, 0.15) is 17.2 Å². The largest absolute Gasteiger partial charge is 0.494 e. The van der Waals surface area contributed by atoms with Crippen LogP contribution in [-0.2, 0) is 22.4 Å². The predicted molar refractivity (Wildman–Crippen MR) is 149 cm³/mol. The number of aryl methyl sites for hydroxylation is 1. The lowest BCUT2D eigenvalue weighted by Gasteiger charge is -2.13. The van der Waals surface area contributed by atoms with Gasteiger partial charge in [0.25, 0.3) is 0 Å². The summed E-state index contributed by atoms with van der Waals surface area (Å²) in [5, 5.41) is 20.5. The van der Waals surface area contributed by atoms with Crippen LogP contribution in [0.5, 0.6) is 17.2 Å². The Labute approximate surface area is 233 Å². The molecule has 0 aliphatic rings. The number of carboxylic acids is 2. The van der Waals surface area contributed by atoms with Gasteiger partial charge in [-0.3, -0.25) is 9.59 Å². The summed E-state index contributed by atoms with van der Waals surface area (Å²) >= 11 is 0. The average molecular weight is 550 g/mol. The molecule has 0 unspecified atom stereocenters. The van der Waals surface area contributed by atoms with E-state index < -0.39 is 17.8 Å². The first kappa shape index (κ1) is 30.0. The molecule has 0 atom stereocenters. The molecule has 40 heavy (non-hydrogen) atoms. The van der Waals surface area contributed by atoms with Gasteiger partial charge in [-0.15, -0.1) is 0 Å². The lowest BCUT2D eigenvalue weighted by atomic mass is 10.1. The van der Waals surface area contributed by atoms with Crippen LogP contribution in [-0.4, -0.2) is 54.4 Å². The Morgan fingerprint density at radius 3 is 2.02 bits per heavy atom. The van der Waals surface area contributed by atoms with Crippen molar-refractivity contribution < 1.29 is 38.8 Å². The Kier molecular flexibility index (Phi) is 12.3. The van der Waals surface area contributed by atoms with Gasteiger partial charge in [0.15, 0.2) is 0 Å². The standard InChI is InChI=1S/C31H35NO8/c33-29(32-17-16-30(34)35)22-25-21-24(31(36)37)12-15-28(25)40-20-6-7-23-10-13-27(14-11-23)39-19-5-4-18-38-26-8-2-1-3-9-26/h1-3,8-15,21H,4-7,16-20,22H2,(H,32,33)(H,34,35)(H,36,37). The minimum atomic E-state index is -1.11. The molecular weight excluding hydrogens is 514 g/mol. The number of nitrogens with one attached hydrogen (secondary N) is 1. The van der Waals surface area contributed by atoms with Crippen LogP contribution in [0, 0.1) is 0 Å². The molecule has 3 rings (SSSR count). The molecule has 9 nitrogen and oxygen atoms in total. The van der Waals surface area contributed by atoms with Crippen LogP contribution in [0.3, 0.4) is 0 Å². The maximum Gasteiger partial charge on any atom is 0.335 e. The predicted octanol–water partition coefficient (Wildman–Crippen LogP) is 4.77. The van der Waals surface area contributed by atoms with Crippen molar-refractivity contribution in [1.82, 2.24) is 5.32 Å². The number of aliphatic carboxylic acids is 1. The van der Waals surface area contributed by atoms with Gasteiger partial charge >= 0.3 is 11.9 Å². The number of hydrogen-bond acceptors (Lipinski definition) is 6. The number of amides is 1. The maximum absolute atomic E-state index is 12.2. The summed E-state index contributed by atoms with van der Waals surface area (Å²) < 4.78 is 17.4. The zero-order valence-electron chi connectivity index (χ0n) is 22.3. The Hall–Kier alpha value is -4.53. The first-order chi connectivity index (χ1) is 19.4. The Balaban J connectivity index is 1.38. The van der Waals surface area contributed by atoms with Crippen LogP contribution < -0.4 is 19.5 Å². The highest BCUT2D eigenvalue weighted by Gasteiger charge is 2.13. The summed E-state index contributed by atoms with van der Waals surface area (Å²) in [7, 11) is 0. The fourth-order valence-corrected chi connectivity index (χ4v) is 3.85. The SMILES string of the molecule is O=C(O)CCNC(=O)Cc1cc(C(=O)O)ccc1OCCCc1ccc(OCCCCOc2ccccc2)cc1. The number of hydrogen-bond donors (Lipinski definition) is 3. The van der Waals surface area contributed by atoms with Crippen molar-refractivity contribution in [2.45, 2.75) is 38.5 Å². The average Bonchev–Trinajstić information content (AvgIpc) is 2.94. The summed E-state index contributed by atoms with van der Waals surface area (Å²) in [5.41, 5.74) is 1.61. The molecule has 9 heteroatoms. The van der Waals surface area contributed by atoms with E-state index in [1.54, 1.807) is 6.07 Å². The second-order valence-electron chi connectivity index (χ2n) is 9.11. The topological polar surface area (TPSA) is 131 Å². The summed E-state index contributed by atoms with van der Waals surface area (Å²) in [6.45, 7) is 1.64. The molecule has 0 heterocycles. The molecule has 0 aromatic heterocycles. The summed E-state index contributed by atoms with van der Waals surface area (Å²) in [5.74, 6) is -0.413. The number of benzene rings is 3. The lowest BCUT2D eigenvalue weighted by Crippen LogP contribution is -2.27. The molecule has 3 aromatic carbocycles. The summed E-state index contributed by atoms with van der Waals surface area (Å²) in [4.78, 5) is 34.2. The van der Waals surface area contributed by atoms with Crippen molar-refractivity contribution in [2.75, 3.05) is 26.4 Å². The molecule has 0 bridgehead atoms. The van der Waals surface area contributed by atoms with Crippen LogP contribution in [0.25, 0.3) is 0 Å². The first-order valence-corrected chi connectivity index (χ1v) is 13.3. The fraction of sp³-hybridized carbons (Fsp3) is 0.323. The van der Waals surface area contributed by atoms with Gasteiger partial charge in [0, 0.05) is 12.1 Å². The Morgan fingerprint density at radius 1 is 0.725 bits per heavy atom. The molecule has 212 valence electrons. The molecule has 1 amide bonds. The van der Waals surface area contributed by atoms with Crippen LogP contribution >= 0.6 is 0 Å². The molecule has 0 saturated heterocycles. The van der Waals surface area contributed by atoms with Crippen molar-refractivity contribution in [3.05, 3.63) is 89.5 Å². The number of carbonyl (C=O) groups excluding carboxylic acids is 1. The van der Waals surface area contributed by atoms with Crippen LogP contribution in [0.2, 0.25) is 0 Å². The van der Waals surface area contributed by atoms with E-state index in [0.717, 1.165) is 36.3 Å². The van der Waals surface area contributed by atoms with E-state index in [1.165, 1.54) is 12.1 Å². The van der Waals surface area contributed by atoms with E-state index >= 15 is 0 Å². The van der Waals surface area contributed by atoms with E-state index in [4.69, 9.17) is 19.3 Å². The fourth-order valence-electron chi connectivity index (χ4n) is 3.85. The molecule has 0 radical (unpaired) electrons. The first-order valence-electron chi connectivity index (χ1n) is 13.3. The van der Waals surface area contributed by atoms with Gasteiger partial charge < -0.3 is 29.7 Å². The van der Waals surface area contributed by atoms with E-state index in [-0.39, 0.29) is 24.9 Å². The number of unbranched alkanes of at least 4 members (excludes halogenated alkanes) is 1. The van der Waals surface area contributed by atoms with Gasteiger partial charge in [0.05, 0.1) is 38.2 Å².